The Labute approximate surface area is 255 Å². The van der Waals surface area contributed by atoms with Crippen molar-refractivity contribution in [1.82, 2.24) is 36.2 Å². The van der Waals surface area contributed by atoms with Gasteiger partial charge in [0.1, 0.15) is 18.1 Å². The van der Waals surface area contributed by atoms with Crippen molar-refractivity contribution >= 4 is 29.5 Å². The molecule has 2 aliphatic rings. The molecular weight excluding hydrogens is 570 g/mol. The van der Waals surface area contributed by atoms with Gasteiger partial charge < -0.3 is 35.8 Å². The third-order valence-corrected chi connectivity index (χ3v) is 7.79. The maximum absolute atomic E-state index is 13.6. The van der Waals surface area contributed by atoms with Gasteiger partial charge in [0.2, 0.25) is 23.6 Å². The molecule has 0 saturated heterocycles. The third kappa shape index (κ3) is 8.20. The van der Waals surface area contributed by atoms with Crippen molar-refractivity contribution in [1.29, 1.82) is 0 Å². The van der Waals surface area contributed by atoms with E-state index in [1.807, 2.05) is 12.1 Å². The molecule has 0 fully saturated rings. The second kappa shape index (κ2) is 14.4. The summed E-state index contributed by atoms with van der Waals surface area (Å²) in [7, 11) is 0. The summed E-state index contributed by atoms with van der Waals surface area (Å²) in [6.45, 7) is 7.97. The smallest absolute Gasteiger partial charge is 0.274 e. The van der Waals surface area contributed by atoms with E-state index < -0.39 is 47.9 Å². The largest absolute Gasteiger partial charge is 0.391 e. The molecule has 0 saturated carbocycles. The molecule has 4 atom stereocenters. The Morgan fingerprint density at radius 1 is 0.977 bits per heavy atom. The van der Waals surface area contributed by atoms with Crippen LogP contribution in [0.2, 0.25) is 0 Å². The van der Waals surface area contributed by atoms with E-state index in [9.17, 15) is 29.1 Å². The molecule has 0 aliphatic carbocycles. The molecule has 14 nitrogen and oxygen atoms in total. The fraction of sp³-hybridized carbons (Fsp3) is 0.533. The summed E-state index contributed by atoms with van der Waals surface area (Å²) in [4.78, 5) is 69.0. The maximum Gasteiger partial charge on any atom is 0.274 e. The first kappa shape index (κ1) is 32.6. The zero-order chi connectivity index (χ0) is 32.0. The molecule has 1 aromatic heterocycles. The Morgan fingerprint density at radius 3 is 2.41 bits per heavy atom. The number of hydrogen-bond donors (Lipinski definition) is 5. The van der Waals surface area contributed by atoms with Gasteiger partial charge in [0.15, 0.2) is 11.5 Å². The number of amides is 5. The number of fused-ring (bicyclic) bond motifs is 3. The quantitative estimate of drug-likeness (QED) is 0.299. The van der Waals surface area contributed by atoms with Gasteiger partial charge in [-0.3, -0.25) is 28.9 Å². The van der Waals surface area contributed by atoms with Crippen molar-refractivity contribution in [2.75, 3.05) is 26.2 Å². The zero-order valence-electron chi connectivity index (χ0n) is 25.5. The van der Waals surface area contributed by atoms with Gasteiger partial charge in [-0.2, -0.15) is 0 Å². The van der Waals surface area contributed by atoms with Gasteiger partial charge in [0.25, 0.3) is 5.91 Å². The third-order valence-electron chi connectivity index (χ3n) is 7.79. The first-order valence-electron chi connectivity index (χ1n) is 14.8. The minimum Gasteiger partial charge on any atom is -0.391 e. The second-order valence-corrected chi connectivity index (χ2v) is 11.7. The summed E-state index contributed by atoms with van der Waals surface area (Å²) < 4.78 is 5.37. The summed E-state index contributed by atoms with van der Waals surface area (Å²) in [5.74, 6) is -2.92. The highest BCUT2D eigenvalue weighted by molar-refractivity contribution is 5.98. The van der Waals surface area contributed by atoms with Crippen molar-refractivity contribution in [3.8, 4) is 0 Å². The molecule has 44 heavy (non-hydrogen) atoms. The predicted octanol–water partition coefficient (Wildman–Crippen LogP) is -0.684. The molecule has 238 valence electrons. The SMILES string of the molecule is CC(C)[C@@H]1NC(=O)[C@H](C)NC(=O)[C@H]([C@@H](C)O)NC(=O)c2cc(on2)CN(C(=O)CN2CCc3ccccc3C2)CCNC1=O. The molecule has 0 unspecified atom stereocenters. The molecule has 5 amide bonds. The minimum absolute atomic E-state index is 0.0262. The number of nitrogens with zero attached hydrogens (tertiary/aromatic N) is 3. The van der Waals surface area contributed by atoms with Crippen LogP contribution in [0.3, 0.4) is 0 Å². The lowest BCUT2D eigenvalue weighted by molar-refractivity contribution is -0.135. The molecule has 1 aromatic carbocycles. The van der Waals surface area contributed by atoms with E-state index in [0.29, 0.717) is 13.1 Å². The second-order valence-electron chi connectivity index (χ2n) is 11.7. The summed E-state index contributed by atoms with van der Waals surface area (Å²) in [5.41, 5.74) is 2.28. The fourth-order valence-corrected chi connectivity index (χ4v) is 5.18. The average molecular weight is 612 g/mol. The Morgan fingerprint density at radius 2 is 1.70 bits per heavy atom. The molecule has 4 rings (SSSR count). The number of benzene rings is 1. The van der Waals surface area contributed by atoms with E-state index >= 15 is 0 Å². The van der Waals surface area contributed by atoms with E-state index in [1.165, 1.54) is 35.9 Å². The lowest BCUT2D eigenvalue weighted by Gasteiger charge is -2.31. The molecule has 2 bridgehead atoms. The van der Waals surface area contributed by atoms with Crippen molar-refractivity contribution in [2.24, 2.45) is 5.92 Å². The highest BCUT2D eigenvalue weighted by atomic mass is 16.5. The van der Waals surface area contributed by atoms with E-state index in [-0.39, 0.29) is 49.5 Å². The number of carbonyl (C=O) groups excluding carboxylic acids is 5. The lowest BCUT2D eigenvalue weighted by Crippen LogP contribution is -2.59. The molecular formula is C30H41N7O7. The Balaban J connectivity index is 1.56. The Hall–Kier alpha value is -4.30. The van der Waals surface area contributed by atoms with Gasteiger partial charge in [-0.25, -0.2) is 0 Å². The van der Waals surface area contributed by atoms with Crippen LogP contribution in [0.1, 0.15) is 55.1 Å². The maximum atomic E-state index is 13.6. The van der Waals surface area contributed by atoms with Gasteiger partial charge in [-0.1, -0.05) is 43.3 Å². The summed E-state index contributed by atoms with van der Waals surface area (Å²) >= 11 is 0. The number of aliphatic hydroxyl groups is 1. The van der Waals surface area contributed by atoms with Gasteiger partial charge in [0, 0.05) is 32.2 Å². The first-order valence-corrected chi connectivity index (χ1v) is 14.8. The number of rotatable bonds is 4. The zero-order valence-corrected chi connectivity index (χ0v) is 25.5. The van der Waals surface area contributed by atoms with Crippen molar-refractivity contribution in [3.63, 3.8) is 0 Å². The van der Waals surface area contributed by atoms with Crippen LogP contribution in [0.25, 0.3) is 0 Å². The molecule has 0 radical (unpaired) electrons. The monoisotopic (exact) mass is 611 g/mol. The number of hydrogen-bond acceptors (Lipinski definition) is 9. The minimum atomic E-state index is -1.41. The topological polar surface area (TPSA) is 186 Å². The van der Waals surface area contributed by atoms with Crippen LogP contribution in [0.15, 0.2) is 34.9 Å². The van der Waals surface area contributed by atoms with Gasteiger partial charge >= 0.3 is 0 Å². The van der Waals surface area contributed by atoms with Crippen LogP contribution < -0.4 is 21.3 Å². The Kier molecular flexibility index (Phi) is 10.7. The van der Waals surface area contributed by atoms with Crippen LogP contribution in [0.4, 0.5) is 0 Å². The van der Waals surface area contributed by atoms with Crippen LogP contribution in [0.5, 0.6) is 0 Å². The predicted molar refractivity (Wildman–Crippen MR) is 158 cm³/mol. The van der Waals surface area contributed by atoms with E-state index in [4.69, 9.17) is 4.52 Å². The summed E-state index contributed by atoms with van der Waals surface area (Å²) in [5, 5.41) is 24.4. The van der Waals surface area contributed by atoms with E-state index in [2.05, 4.69) is 43.5 Å². The first-order chi connectivity index (χ1) is 20.9. The normalized spacial score (nSPS) is 23.4. The molecule has 2 aromatic rings. The van der Waals surface area contributed by atoms with E-state index in [0.717, 1.165) is 6.42 Å². The van der Waals surface area contributed by atoms with Crippen LogP contribution in [-0.2, 0) is 38.7 Å². The highest BCUT2D eigenvalue weighted by Crippen LogP contribution is 2.19. The van der Waals surface area contributed by atoms with Crippen LogP contribution in [0, 0.1) is 5.92 Å². The van der Waals surface area contributed by atoms with Crippen molar-refractivity contribution < 1.29 is 33.6 Å². The van der Waals surface area contributed by atoms with Crippen molar-refractivity contribution in [3.05, 3.63) is 52.9 Å². The van der Waals surface area contributed by atoms with Gasteiger partial charge in [-0.15, -0.1) is 0 Å². The summed E-state index contributed by atoms with van der Waals surface area (Å²) in [6, 6.07) is 6.07. The number of carbonyl (C=O) groups is 5. The molecule has 14 heteroatoms. The van der Waals surface area contributed by atoms with Gasteiger partial charge in [-0.05, 0) is 37.3 Å². The van der Waals surface area contributed by atoms with E-state index in [1.54, 1.807) is 13.8 Å². The number of nitrogens with one attached hydrogen (secondary N) is 4. The summed E-state index contributed by atoms with van der Waals surface area (Å²) in [6.07, 6.45) is -0.484. The molecule has 5 N–H and O–H groups in total. The van der Waals surface area contributed by atoms with Gasteiger partial charge in [0.05, 0.1) is 19.2 Å². The van der Waals surface area contributed by atoms with Crippen LogP contribution >= 0.6 is 0 Å². The average Bonchev–Trinajstić information content (AvgIpc) is 3.45. The van der Waals surface area contributed by atoms with Crippen molar-refractivity contribution in [2.45, 2.75) is 71.4 Å². The number of aromatic nitrogens is 1. The molecule has 3 heterocycles. The lowest BCUT2D eigenvalue weighted by atomic mass is 10.00. The molecule has 2 aliphatic heterocycles. The Bertz CT molecular complexity index is 1370. The fourth-order valence-electron chi connectivity index (χ4n) is 5.18. The highest BCUT2D eigenvalue weighted by Gasteiger charge is 2.32. The molecule has 0 spiro atoms. The van der Waals surface area contributed by atoms with Crippen LogP contribution in [-0.4, -0.2) is 100 Å². The number of aliphatic hydroxyl groups excluding tert-OH is 1. The standard InChI is InChI=1S/C30H41N7O7/c1-17(2)25-29(42)31-10-12-37(24(39)16-36-11-9-20-7-5-6-8-21(20)14-36)15-22-13-23(35-44-22)28(41)34-26(19(4)38)30(43)32-18(3)27(40)33-25/h5-8,13,17-19,25-26,38H,9-12,14-16H2,1-4H3,(H,31,42)(H,32,43)(H,33,40)(H,34,41)/t18-,19+,25-,26-/m0/s1.